The lowest BCUT2D eigenvalue weighted by molar-refractivity contribution is 0.161. The minimum atomic E-state index is -2.36. The molecule has 0 aromatic rings. The number of hydrogen-bond acceptors (Lipinski definition) is 11. The largest absolute Gasteiger partial charge is 0.621 e. The van der Waals surface area contributed by atoms with Crippen LogP contribution in [0.15, 0.2) is 0 Å². The summed E-state index contributed by atoms with van der Waals surface area (Å²) in [4.78, 5) is 0. The SMILES string of the molecule is OB(O)OB(O)OB(O)OB(O)OB(O)O. The highest BCUT2D eigenvalue weighted by atomic mass is 16.8. The molecule has 0 heterocycles. The number of hydrogen-bond donors (Lipinski definition) is 7. The second-order valence-electron chi connectivity index (χ2n) is 2.12. The summed E-state index contributed by atoms with van der Waals surface area (Å²) in [5.74, 6) is 0. The van der Waals surface area contributed by atoms with Gasteiger partial charge in [-0.15, -0.1) is 0 Å². The maximum atomic E-state index is 8.76. The fourth-order valence-electron chi connectivity index (χ4n) is 0.504. The molecule has 0 aromatic carbocycles. The summed E-state index contributed by atoms with van der Waals surface area (Å²) in [6.45, 7) is 0. The molecule has 0 saturated carbocycles. The Hall–Kier alpha value is -0.115. The molecule has 0 radical (unpaired) electrons. The van der Waals surface area contributed by atoms with Crippen LogP contribution in [-0.2, 0) is 18.3 Å². The molecule has 0 spiro atoms. The van der Waals surface area contributed by atoms with E-state index in [1.807, 2.05) is 0 Å². The van der Waals surface area contributed by atoms with Crippen LogP contribution < -0.4 is 0 Å². The molecule has 0 fully saturated rings. The Kier molecular flexibility index (Phi) is 7.99. The van der Waals surface area contributed by atoms with E-state index >= 15 is 0 Å². The predicted octanol–water partition coefficient (Wildman–Crippen LogP) is -6.08. The average molecular weight is 237 g/mol. The summed E-state index contributed by atoms with van der Waals surface area (Å²) in [6.07, 6.45) is 0. The molecule has 0 aliphatic rings. The summed E-state index contributed by atoms with van der Waals surface area (Å²) >= 11 is 0. The Bertz CT molecular complexity index is 154. The van der Waals surface area contributed by atoms with Gasteiger partial charge in [0.1, 0.15) is 0 Å². The molecule has 0 unspecified atom stereocenters. The van der Waals surface area contributed by atoms with Crippen LogP contribution in [0.25, 0.3) is 0 Å². The third-order valence-electron chi connectivity index (χ3n) is 0.942. The predicted molar refractivity (Wildman–Crippen MR) is 48.6 cm³/mol. The third-order valence-corrected chi connectivity index (χ3v) is 0.942. The smallest absolute Gasteiger partial charge is 0.403 e. The highest BCUT2D eigenvalue weighted by Crippen LogP contribution is 1.94. The van der Waals surface area contributed by atoms with Crippen LogP contribution in [0.5, 0.6) is 0 Å². The van der Waals surface area contributed by atoms with Gasteiger partial charge in [0.15, 0.2) is 0 Å². The van der Waals surface area contributed by atoms with E-state index in [2.05, 4.69) is 18.3 Å². The lowest BCUT2D eigenvalue weighted by atomic mass is 10.0. The molecular formula is H7B5O11. The molecule has 0 aromatic heterocycles. The van der Waals surface area contributed by atoms with Gasteiger partial charge in [-0.2, -0.15) is 0 Å². The van der Waals surface area contributed by atoms with Crippen LogP contribution >= 0.6 is 0 Å². The van der Waals surface area contributed by atoms with Crippen molar-refractivity contribution >= 4 is 36.6 Å². The molecule has 16 heteroatoms. The van der Waals surface area contributed by atoms with Crippen molar-refractivity contribution < 1.29 is 53.5 Å². The highest BCUT2D eigenvalue weighted by Gasteiger charge is 2.35. The Labute approximate surface area is 91.0 Å². The van der Waals surface area contributed by atoms with Crippen molar-refractivity contribution in [2.75, 3.05) is 0 Å². The van der Waals surface area contributed by atoms with E-state index in [0.29, 0.717) is 0 Å². The fraction of sp³-hybridized carbons (Fsp3) is 0. The van der Waals surface area contributed by atoms with Crippen molar-refractivity contribution in [2.45, 2.75) is 0 Å². The molecule has 0 atom stereocenters. The molecule has 0 aliphatic carbocycles. The average Bonchev–Trinajstić information content (AvgIpc) is 1.97. The van der Waals surface area contributed by atoms with Gasteiger partial charge in [0, 0.05) is 0 Å². The van der Waals surface area contributed by atoms with Crippen LogP contribution in [0.4, 0.5) is 0 Å². The molecule has 0 saturated heterocycles. The first kappa shape index (κ1) is 15.9. The lowest BCUT2D eigenvalue weighted by Crippen LogP contribution is -2.43. The molecule has 11 nitrogen and oxygen atoms in total. The van der Waals surface area contributed by atoms with Gasteiger partial charge in [-0.05, 0) is 0 Å². The van der Waals surface area contributed by atoms with Crippen molar-refractivity contribution in [1.29, 1.82) is 0 Å². The second-order valence-corrected chi connectivity index (χ2v) is 2.12. The minimum absolute atomic E-state index is 2.26. The van der Waals surface area contributed by atoms with Crippen LogP contribution in [0, 0.1) is 0 Å². The summed E-state index contributed by atoms with van der Waals surface area (Å²) < 4.78 is 15.4. The topological polar surface area (TPSA) is 179 Å². The standard InChI is InChI=1S/B5H7O11/c6-1(7)13-3(10)15-5(12)16-4(11)14-2(8)9/h6-12H. The van der Waals surface area contributed by atoms with Crippen molar-refractivity contribution in [1.82, 2.24) is 0 Å². The lowest BCUT2D eigenvalue weighted by Gasteiger charge is -2.13. The molecule has 7 N–H and O–H groups in total. The van der Waals surface area contributed by atoms with Gasteiger partial charge >= 0.3 is 36.6 Å². The van der Waals surface area contributed by atoms with E-state index in [9.17, 15) is 0 Å². The van der Waals surface area contributed by atoms with Gasteiger partial charge in [0.2, 0.25) is 0 Å². The van der Waals surface area contributed by atoms with E-state index in [4.69, 9.17) is 35.2 Å². The zero-order valence-corrected chi connectivity index (χ0v) is 7.65. The maximum Gasteiger partial charge on any atom is 0.621 e. The Morgan fingerprint density at radius 2 is 0.688 bits per heavy atom. The van der Waals surface area contributed by atoms with E-state index < -0.39 is 36.6 Å². The van der Waals surface area contributed by atoms with Crippen molar-refractivity contribution in [2.24, 2.45) is 0 Å². The van der Waals surface area contributed by atoms with Gasteiger partial charge in [-0.25, -0.2) is 0 Å². The van der Waals surface area contributed by atoms with Crippen molar-refractivity contribution in [3.8, 4) is 0 Å². The van der Waals surface area contributed by atoms with Crippen LogP contribution in [0.2, 0.25) is 0 Å². The Morgan fingerprint density at radius 1 is 0.438 bits per heavy atom. The van der Waals surface area contributed by atoms with E-state index in [-0.39, 0.29) is 0 Å². The van der Waals surface area contributed by atoms with Crippen LogP contribution in [-0.4, -0.2) is 71.8 Å². The number of rotatable bonds is 8. The van der Waals surface area contributed by atoms with Gasteiger partial charge < -0.3 is 53.5 Å². The van der Waals surface area contributed by atoms with E-state index in [1.54, 1.807) is 0 Å². The highest BCUT2D eigenvalue weighted by molar-refractivity contribution is 6.61. The Balaban J connectivity index is 3.75. The van der Waals surface area contributed by atoms with Crippen LogP contribution in [0.1, 0.15) is 0 Å². The van der Waals surface area contributed by atoms with E-state index in [1.165, 1.54) is 0 Å². The van der Waals surface area contributed by atoms with Gasteiger partial charge in [0.05, 0.1) is 0 Å². The van der Waals surface area contributed by atoms with Gasteiger partial charge in [-0.3, -0.25) is 0 Å². The van der Waals surface area contributed by atoms with Crippen molar-refractivity contribution in [3.63, 3.8) is 0 Å². The molecule has 0 bridgehead atoms. The maximum absolute atomic E-state index is 8.76. The normalized spacial score (nSPS) is 9.94. The van der Waals surface area contributed by atoms with Gasteiger partial charge in [-0.1, -0.05) is 0 Å². The third kappa shape index (κ3) is 9.14. The first-order valence-corrected chi connectivity index (χ1v) is 3.69. The first-order valence-electron chi connectivity index (χ1n) is 3.69. The van der Waals surface area contributed by atoms with E-state index in [0.717, 1.165) is 0 Å². The fourth-order valence-corrected chi connectivity index (χ4v) is 0.504. The summed E-state index contributed by atoms with van der Waals surface area (Å²) in [5.41, 5.74) is 0. The zero-order chi connectivity index (χ0) is 12.7. The minimum Gasteiger partial charge on any atom is -0.403 e. The second kappa shape index (κ2) is 8.05. The summed E-state index contributed by atoms with van der Waals surface area (Å²) in [6, 6.07) is 0. The zero-order valence-electron chi connectivity index (χ0n) is 7.65. The summed E-state index contributed by atoms with van der Waals surface area (Å²) in [5, 5.41) is 58.8. The molecule has 0 amide bonds. The van der Waals surface area contributed by atoms with Gasteiger partial charge in [0.25, 0.3) is 0 Å². The summed E-state index contributed by atoms with van der Waals surface area (Å²) in [7, 11) is -11.5. The monoisotopic (exact) mass is 238 g/mol. The molecule has 88 valence electrons. The molecule has 16 heavy (non-hydrogen) atoms. The molecule has 0 rings (SSSR count). The van der Waals surface area contributed by atoms with Crippen LogP contribution in [0.3, 0.4) is 0 Å². The quantitative estimate of drug-likeness (QED) is 0.200. The first-order chi connectivity index (χ1) is 7.31. The molecule has 0 aliphatic heterocycles. The Morgan fingerprint density at radius 3 is 0.938 bits per heavy atom. The molecular weight excluding hydrogens is 230 g/mol. The van der Waals surface area contributed by atoms with Crippen molar-refractivity contribution in [3.05, 3.63) is 0 Å².